The highest BCUT2D eigenvalue weighted by atomic mass is 19.4. The molecular weight excluding hydrogens is 526 g/mol. The second kappa shape index (κ2) is 10.8. The van der Waals surface area contributed by atoms with Gasteiger partial charge in [0, 0.05) is 28.7 Å². The van der Waals surface area contributed by atoms with Crippen molar-refractivity contribution in [2.24, 2.45) is 0 Å². The molecule has 1 heterocycles. The van der Waals surface area contributed by atoms with Crippen LogP contribution in [0, 0.1) is 13.8 Å². The Morgan fingerprint density at radius 2 is 1.56 bits per heavy atom. The summed E-state index contributed by atoms with van der Waals surface area (Å²) in [5.74, 6) is -0.684. The van der Waals surface area contributed by atoms with E-state index in [4.69, 9.17) is 4.74 Å². The molecule has 0 unspecified atom stereocenters. The van der Waals surface area contributed by atoms with Crippen LogP contribution in [0.25, 0.3) is 5.69 Å². The van der Waals surface area contributed by atoms with Crippen LogP contribution in [-0.2, 0) is 12.8 Å². The highest BCUT2D eigenvalue weighted by molar-refractivity contribution is 6.05. The standard InChI is InChI=1S/C28H22F6N2O3/c1-17-14-22(18(2)36(17)24-12-5-4-11-23(24)27(29,30)31)26(37)35-20-9-7-10-21(15-20)38-16-19-8-3-6-13-25(19)39-28(32,33)34/h3-15H,16H2,1-2H3,(H,35,37). The quantitative estimate of drug-likeness (QED) is 0.240. The predicted molar refractivity (Wildman–Crippen MR) is 132 cm³/mol. The Balaban J connectivity index is 1.52. The first-order valence-corrected chi connectivity index (χ1v) is 11.6. The lowest BCUT2D eigenvalue weighted by Crippen LogP contribution is -2.18. The molecule has 0 saturated carbocycles. The maximum atomic E-state index is 13.6. The zero-order valence-corrected chi connectivity index (χ0v) is 20.7. The summed E-state index contributed by atoms with van der Waals surface area (Å²) in [4.78, 5) is 13.1. The minimum Gasteiger partial charge on any atom is -0.489 e. The van der Waals surface area contributed by atoms with Gasteiger partial charge in [0.2, 0.25) is 0 Å². The number of nitrogens with zero attached hydrogens (tertiary/aromatic N) is 1. The molecule has 3 aromatic carbocycles. The Morgan fingerprint density at radius 1 is 0.872 bits per heavy atom. The molecule has 0 aliphatic carbocycles. The summed E-state index contributed by atoms with van der Waals surface area (Å²) in [5.41, 5.74) is 0.485. The Kier molecular flexibility index (Phi) is 7.62. The number of benzene rings is 3. The number of alkyl halides is 6. The van der Waals surface area contributed by atoms with Crippen molar-refractivity contribution in [3.05, 3.63) is 107 Å². The first-order chi connectivity index (χ1) is 18.3. The summed E-state index contributed by atoms with van der Waals surface area (Å²) in [6, 6.07) is 18.3. The fourth-order valence-corrected chi connectivity index (χ4v) is 4.14. The number of amides is 1. The summed E-state index contributed by atoms with van der Waals surface area (Å²) in [5, 5.41) is 2.69. The van der Waals surface area contributed by atoms with Gasteiger partial charge in [-0.2, -0.15) is 13.2 Å². The number of nitrogens with one attached hydrogen (secondary N) is 1. The average molecular weight is 548 g/mol. The average Bonchev–Trinajstić information content (AvgIpc) is 3.16. The monoisotopic (exact) mass is 548 g/mol. The lowest BCUT2D eigenvalue weighted by molar-refractivity contribution is -0.275. The van der Waals surface area contributed by atoms with Crippen LogP contribution in [0.15, 0.2) is 78.9 Å². The first-order valence-electron chi connectivity index (χ1n) is 11.6. The third kappa shape index (κ3) is 6.54. The molecule has 0 saturated heterocycles. The van der Waals surface area contributed by atoms with E-state index in [1.54, 1.807) is 38.1 Å². The predicted octanol–water partition coefficient (Wildman–Crippen LogP) is 7.84. The van der Waals surface area contributed by atoms with Gasteiger partial charge in [-0.3, -0.25) is 4.79 Å². The Labute approximate surface area is 219 Å². The Morgan fingerprint density at radius 3 is 2.28 bits per heavy atom. The van der Waals surface area contributed by atoms with E-state index in [0.29, 0.717) is 17.1 Å². The van der Waals surface area contributed by atoms with Crippen LogP contribution < -0.4 is 14.8 Å². The van der Waals surface area contributed by atoms with E-state index >= 15 is 0 Å². The normalized spacial score (nSPS) is 11.8. The second-order valence-electron chi connectivity index (χ2n) is 8.56. The number of hydrogen-bond donors (Lipinski definition) is 1. The zero-order valence-electron chi connectivity index (χ0n) is 20.7. The largest absolute Gasteiger partial charge is 0.573 e. The fourth-order valence-electron chi connectivity index (χ4n) is 4.14. The topological polar surface area (TPSA) is 52.5 Å². The van der Waals surface area contributed by atoms with Gasteiger partial charge in [0.05, 0.1) is 16.8 Å². The van der Waals surface area contributed by atoms with Gasteiger partial charge in [-0.05, 0) is 50.2 Å². The van der Waals surface area contributed by atoms with Crippen molar-refractivity contribution in [3.8, 4) is 17.2 Å². The molecule has 0 aliphatic heterocycles. The van der Waals surface area contributed by atoms with E-state index < -0.39 is 29.8 Å². The molecule has 0 aliphatic rings. The molecule has 1 N–H and O–H groups in total. The maximum Gasteiger partial charge on any atom is 0.573 e. The van der Waals surface area contributed by atoms with Crippen LogP contribution in [-0.4, -0.2) is 16.8 Å². The number of aryl methyl sites for hydroxylation is 1. The number of hydrogen-bond acceptors (Lipinski definition) is 3. The van der Waals surface area contributed by atoms with Gasteiger partial charge in [-0.15, -0.1) is 13.2 Å². The number of anilines is 1. The van der Waals surface area contributed by atoms with Gasteiger partial charge in [0.25, 0.3) is 5.91 Å². The van der Waals surface area contributed by atoms with Crippen LogP contribution in [0.5, 0.6) is 11.5 Å². The van der Waals surface area contributed by atoms with Gasteiger partial charge in [-0.1, -0.05) is 36.4 Å². The zero-order chi connectivity index (χ0) is 28.4. The molecule has 204 valence electrons. The number of para-hydroxylation sites is 2. The molecule has 1 aromatic heterocycles. The molecule has 4 aromatic rings. The van der Waals surface area contributed by atoms with Crippen molar-refractivity contribution < 1.29 is 40.6 Å². The smallest absolute Gasteiger partial charge is 0.489 e. The van der Waals surface area contributed by atoms with Crippen molar-refractivity contribution in [2.75, 3.05) is 5.32 Å². The van der Waals surface area contributed by atoms with Crippen molar-refractivity contribution in [1.82, 2.24) is 4.57 Å². The lowest BCUT2D eigenvalue weighted by atomic mass is 10.1. The number of carbonyl (C=O) groups is 1. The van der Waals surface area contributed by atoms with Gasteiger partial charge < -0.3 is 19.4 Å². The number of halogens is 6. The third-order valence-electron chi connectivity index (χ3n) is 5.81. The molecule has 0 fully saturated rings. The molecule has 1 amide bonds. The van der Waals surface area contributed by atoms with Crippen LogP contribution in [0.2, 0.25) is 0 Å². The second-order valence-corrected chi connectivity index (χ2v) is 8.56. The number of carbonyl (C=O) groups excluding carboxylic acids is 1. The Bertz CT molecular complexity index is 1490. The highest BCUT2D eigenvalue weighted by Crippen LogP contribution is 2.35. The molecule has 0 atom stereocenters. The van der Waals surface area contributed by atoms with E-state index in [9.17, 15) is 31.1 Å². The maximum absolute atomic E-state index is 13.6. The van der Waals surface area contributed by atoms with Crippen LogP contribution >= 0.6 is 0 Å². The molecule has 0 spiro atoms. The molecule has 0 radical (unpaired) electrons. The summed E-state index contributed by atoms with van der Waals surface area (Å²) in [6.45, 7) is 2.92. The summed E-state index contributed by atoms with van der Waals surface area (Å²) < 4.78 is 89.8. The van der Waals surface area contributed by atoms with Crippen LogP contribution in [0.4, 0.5) is 32.0 Å². The fraction of sp³-hybridized carbons (Fsp3) is 0.179. The molecule has 4 rings (SSSR count). The van der Waals surface area contributed by atoms with Gasteiger partial charge in [0.15, 0.2) is 0 Å². The third-order valence-corrected chi connectivity index (χ3v) is 5.81. The van der Waals surface area contributed by atoms with Gasteiger partial charge >= 0.3 is 12.5 Å². The number of aromatic nitrogens is 1. The summed E-state index contributed by atoms with van der Waals surface area (Å²) in [7, 11) is 0. The van der Waals surface area contributed by atoms with Crippen molar-refractivity contribution >= 4 is 11.6 Å². The number of rotatable bonds is 7. The molecule has 11 heteroatoms. The van der Waals surface area contributed by atoms with Gasteiger partial charge in [-0.25, -0.2) is 0 Å². The van der Waals surface area contributed by atoms with Crippen molar-refractivity contribution in [3.63, 3.8) is 0 Å². The molecular formula is C28H22F6N2O3. The molecule has 39 heavy (non-hydrogen) atoms. The minimum atomic E-state index is -4.86. The highest BCUT2D eigenvalue weighted by Gasteiger charge is 2.34. The van der Waals surface area contributed by atoms with Crippen LogP contribution in [0.3, 0.4) is 0 Å². The van der Waals surface area contributed by atoms with E-state index in [1.807, 2.05) is 0 Å². The minimum absolute atomic E-state index is 0.0933. The van der Waals surface area contributed by atoms with Gasteiger partial charge in [0.1, 0.15) is 18.1 Å². The van der Waals surface area contributed by atoms with E-state index in [0.717, 1.165) is 6.07 Å². The number of ether oxygens (including phenoxy) is 2. The summed E-state index contributed by atoms with van der Waals surface area (Å²) >= 11 is 0. The summed E-state index contributed by atoms with van der Waals surface area (Å²) in [6.07, 6.45) is -9.44. The molecule has 0 bridgehead atoms. The van der Waals surface area contributed by atoms with E-state index in [1.165, 1.54) is 53.1 Å². The van der Waals surface area contributed by atoms with Crippen molar-refractivity contribution in [2.45, 2.75) is 33.0 Å². The molecule has 5 nitrogen and oxygen atoms in total. The first kappa shape index (κ1) is 27.6. The Hall–Kier alpha value is -4.41. The van der Waals surface area contributed by atoms with Crippen LogP contribution in [0.1, 0.15) is 32.9 Å². The van der Waals surface area contributed by atoms with E-state index in [2.05, 4.69) is 10.1 Å². The van der Waals surface area contributed by atoms with E-state index in [-0.39, 0.29) is 29.2 Å². The lowest BCUT2D eigenvalue weighted by Gasteiger charge is -2.17. The van der Waals surface area contributed by atoms with Crippen molar-refractivity contribution in [1.29, 1.82) is 0 Å². The SMILES string of the molecule is Cc1cc(C(=O)Nc2cccc(OCc3ccccc3OC(F)(F)F)c2)c(C)n1-c1ccccc1C(F)(F)F.